The summed E-state index contributed by atoms with van der Waals surface area (Å²) < 4.78 is 2.18. The van der Waals surface area contributed by atoms with Crippen LogP contribution in [0.1, 0.15) is 63.9 Å². The Labute approximate surface area is 133 Å². The van der Waals surface area contributed by atoms with Crippen LogP contribution >= 0.6 is 0 Å². The van der Waals surface area contributed by atoms with Gasteiger partial charge in [-0.3, -0.25) is 0 Å². The standard InChI is InChI=1S/C16H30N6/c1-13(2)12-15(21-10-8-20(3)9-11-21)16-17-18-19-22(16)14-6-4-5-7-14/h13-15H,4-12H2,1-3H3/p+2/t15-/m0/s1. The van der Waals surface area contributed by atoms with Gasteiger partial charge in [0.1, 0.15) is 26.2 Å². The monoisotopic (exact) mass is 308 g/mol. The van der Waals surface area contributed by atoms with Crippen molar-refractivity contribution in [1.29, 1.82) is 0 Å². The number of quaternary nitrogens is 2. The zero-order valence-corrected chi connectivity index (χ0v) is 14.4. The van der Waals surface area contributed by atoms with Crippen molar-refractivity contribution in [3.8, 4) is 0 Å². The molecule has 0 radical (unpaired) electrons. The molecule has 1 aromatic heterocycles. The Hall–Kier alpha value is -1.01. The Morgan fingerprint density at radius 3 is 2.45 bits per heavy atom. The SMILES string of the molecule is CC(C)C[C@@H](c1nnnn1C1CCCC1)[NH+]1CC[NH+](C)CC1. The third-order valence-electron chi connectivity index (χ3n) is 5.45. The summed E-state index contributed by atoms with van der Waals surface area (Å²) in [6.45, 7) is 9.63. The maximum Gasteiger partial charge on any atom is 0.209 e. The van der Waals surface area contributed by atoms with Crippen molar-refractivity contribution < 1.29 is 9.80 Å². The predicted molar refractivity (Wildman–Crippen MR) is 84.8 cm³/mol. The molecule has 22 heavy (non-hydrogen) atoms. The zero-order valence-electron chi connectivity index (χ0n) is 14.4. The number of tetrazole rings is 1. The number of nitrogens with one attached hydrogen (secondary N) is 2. The van der Waals surface area contributed by atoms with Crippen LogP contribution in [0.4, 0.5) is 0 Å². The zero-order chi connectivity index (χ0) is 15.5. The first-order valence-electron chi connectivity index (χ1n) is 9.08. The number of nitrogens with zero attached hydrogens (tertiary/aromatic N) is 4. The van der Waals surface area contributed by atoms with Gasteiger partial charge in [-0.05, 0) is 29.2 Å². The van der Waals surface area contributed by atoms with Gasteiger partial charge in [0, 0.05) is 6.42 Å². The second kappa shape index (κ2) is 7.04. The molecule has 6 heteroatoms. The van der Waals surface area contributed by atoms with Gasteiger partial charge in [-0.2, -0.15) is 0 Å². The molecular weight excluding hydrogens is 276 g/mol. The minimum absolute atomic E-state index is 0.462. The van der Waals surface area contributed by atoms with Gasteiger partial charge in [0.05, 0.1) is 13.1 Å². The maximum absolute atomic E-state index is 4.48. The van der Waals surface area contributed by atoms with Crippen LogP contribution in [0.15, 0.2) is 0 Å². The average Bonchev–Trinajstić information content (AvgIpc) is 3.16. The molecule has 0 aromatic carbocycles. The first kappa shape index (κ1) is 15.9. The van der Waals surface area contributed by atoms with Gasteiger partial charge in [0.25, 0.3) is 0 Å². The molecule has 0 unspecified atom stereocenters. The molecule has 1 saturated carbocycles. The van der Waals surface area contributed by atoms with Gasteiger partial charge >= 0.3 is 0 Å². The Kier molecular flexibility index (Phi) is 5.08. The lowest BCUT2D eigenvalue weighted by molar-refractivity contribution is -1.02. The van der Waals surface area contributed by atoms with E-state index in [1.54, 1.807) is 9.80 Å². The van der Waals surface area contributed by atoms with E-state index in [0.29, 0.717) is 18.0 Å². The van der Waals surface area contributed by atoms with Gasteiger partial charge in [0.2, 0.25) is 5.82 Å². The summed E-state index contributed by atoms with van der Waals surface area (Å²) in [4.78, 5) is 3.34. The molecule has 6 nitrogen and oxygen atoms in total. The van der Waals surface area contributed by atoms with Crippen LogP contribution in [-0.2, 0) is 0 Å². The molecule has 2 aliphatic rings. The smallest absolute Gasteiger partial charge is 0.209 e. The third-order valence-corrected chi connectivity index (χ3v) is 5.45. The van der Waals surface area contributed by atoms with E-state index >= 15 is 0 Å². The first-order valence-corrected chi connectivity index (χ1v) is 9.08. The highest BCUT2D eigenvalue weighted by atomic mass is 15.6. The minimum atomic E-state index is 0.462. The highest BCUT2D eigenvalue weighted by Crippen LogP contribution is 2.30. The Morgan fingerprint density at radius 1 is 1.14 bits per heavy atom. The molecule has 2 N–H and O–H groups in total. The maximum atomic E-state index is 4.48. The summed E-state index contributed by atoms with van der Waals surface area (Å²) in [5.74, 6) is 1.83. The molecule has 0 amide bonds. The summed E-state index contributed by atoms with van der Waals surface area (Å²) in [5, 5.41) is 12.9. The lowest BCUT2D eigenvalue weighted by atomic mass is 10.0. The van der Waals surface area contributed by atoms with E-state index in [2.05, 4.69) is 41.1 Å². The normalized spacial score (nSPS) is 28.4. The highest BCUT2D eigenvalue weighted by Gasteiger charge is 2.35. The van der Waals surface area contributed by atoms with Gasteiger partial charge in [-0.15, -0.1) is 5.10 Å². The molecule has 1 aliphatic carbocycles. The van der Waals surface area contributed by atoms with Crippen LogP contribution in [0.2, 0.25) is 0 Å². The van der Waals surface area contributed by atoms with Crippen molar-refractivity contribution in [3.63, 3.8) is 0 Å². The van der Waals surface area contributed by atoms with Crippen LogP contribution in [0.5, 0.6) is 0 Å². The van der Waals surface area contributed by atoms with E-state index in [0.717, 1.165) is 5.82 Å². The van der Waals surface area contributed by atoms with Crippen LogP contribution in [0.3, 0.4) is 0 Å². The van der Waals surface area contributed by atoms with Crippen molar-refractivity contribution in [2.24, 2.45) is 5.92 Å². The van der Waals surface area contributed by atoms with E-state index in [1.165, 1.54) is 58.3 Å². The number of piperazine rings is 1. The minimum Gasteiger partial charge on any atom is -0.328 e. The molecule has 1 atom stereocenters. The van der Waals surface area contributed by atoms with Gasteiger partial charge in [-0.25, -0.2) is 4.68 Å². The number of hydrogen-bond acceptors (Lipinski definition) is 3. The number of likely N-dealkylation sites (N-methyl/N-ethyl adjacent to an activating group) is 1. The van der Waals surface area contributed by atoms with Gasteiger partial charge in [-0.1, -0.05) is 26.7 Å². The van der Waals surface area contributed by atoms with Crippen LogP contribution in [-0.4, -0.2) is 53.4 Å². The number of aromatic nitrogens is 4. The number of hydrogen-bond donors (Lipinski definition) is 2. The molecule has 2 fully saturated rings. The fourth-order valence-electron chi connectivity index (χ4n) is 4.11. The van der Waals surface area contributed by atoms with Crippen LogP contribution in [0.25, 0.3) is 0 Å². The second-order valence-electron chi connectivity index (χ2n) is 7.72. The fourth-order valence-corrected chi connectivity index (χ4v) is 4.11. The molecule has 0 spiro atoms. The van der Waals surface area contributed by atoms with E-state index in [4.69, 9.17) is 0 Å². The quantitative estimate of drug-likeness (QED) is 0.755. The molecular formula is C16H32N6+2. The Morgan fingerprint density at radius 2 is 1.82 bits per heavy atom. The average molecular weight is 308 g/mol. The Balaban J connectivity index is 1.81. The number of rotatable bonds is 5. The van der Waals surface area contributed by atoms with Crippen LogP contribution in [0, 0.1) is 5.92 Å². The molecule has 1 saturated heterocycles. The summed E-state index contributed by atoms with van der Waals surface area (Å²) in [5.41, 5.74) is 0. The lowest BCUT2D eigenvalue weighted by Crippen LogP contribution is -3.27. The topological polar surface area (TPSA) is 52.5 Å². The summed E-state index contributed by atoms with van der Waals surface area (Å²) in [6, 6.07) is 1.00. The highest BCUT2D eigenvalue weighted by molar-refractivity contribution is 4.92. The largest absolute Gasteiger partial charge is 0.328 e. The lowest BCUT2D eigenvalue weighted by Gasteiger charge is -2.33. The second-order valence-corrected chi connectivity index (χ2v) is 7.72. The van der Waals surface area contributed by atoms with Crippen molar-refractivity contribution >= 4 is 0 Å². The Bertz CT molecular complexity index is 457. The first-order chi connectivity index (χ1) is 10.6. The van der Waals surface area contributed by atoms with E-state index in [-0.39, 0.29) is 0 Å². The molecule has 124 valence electrons. The van der Waals surface area contributed by atoms with Crippen molar-refractivity contribution in [3.05, 3.63) is 5.82 Å². The van der Waals surface area contributed by atoms with Gasteiger partial charge in [0.15, 0.2) is 6.04 Å². The summed E-state index contributed by atoms with van der Waals surface area (Å²) in [7, 11) is 2.30. The van der Waals surface area contributed by atoms with Gasteiger partial charge < -0.3 is 9.80 Å². The van der Waals surface area contributed by atoms with E-state index in [9.17, 15) is 0 Å². The molecule has 2 heterocycles. The van der Waals surface area contributed by atoms with E-state index < -0.39 is 0 Å². The van der Waals surface area contributed by atoms with Crippen molar-refractivity contribution in [2.45, 2.75) is 58.0 Å². The van der Waals surface area contributed by atoms with E-state index in [1.807, 2.05) is 0 Å². The molecule has 1 aliphatic heterocycles. The molecule has 0 bridgehead atoms. The molecule has 3 rings (SSSR count). The third kappa shape index (κ3) is 3.49. The summed E-state index contributed by atoms with van der Waals surface area (Å²) in [6.07, 6.45) is 6.32. The van der Waals surface area contributed by atoms with Crippen LogP contribution < -0.4 is 9.80 Å². The molecule has 1 aromatic rings. The van der Waals surface area contributed by atoms with Crippen molar-refractivity contribution in [2.75, 3.05) is 33.2 Å². The van der Waals surface area contributed by atoms with Crippen molar-refractivity contribution in [1.82, 2.24) is 20.2 Å². The predicted octanol–water partition coefficient (Wildman–Crippen LogP) is -0.711. The fraction of sp³-hybridized carbons (Fsp3) is 0.938. The summed E-state index contributed by atoms with van der Waals surface area (Å²) >= 11 is 0.